The lowest BCUT2D eigenvalue weighted by atomic mass is 10.1. The van der Waals surface area contributed by atoms with Crippen LogP contribution < -0.4 is 5.32 Å². The summed E-state index contributed by atoms with van der Waals surface area (Å²) in [6.45, 7) is 1.55. The van der Waals surface area contributed by atoms with Crippen molar-refractivity contribution in [2.45, 2.75) is 41.8 Å². The lowest BCUT2D eigenvalue weighted by molar-refractivity contribution is -0.0511. The third-order valence-corrected chi connectivity index (χ3v) is 7.97. The van der Waals surface area contributed by atoms with Gasteiger partial charge in [-0.05, 0) is 36.7 Å². The Hall–Kier alpha value is -2.26. The van der Waals surface area contributed by atoms with Crippen LogP contribution in [0.4, 0.5) is 5.82 Å². The van der Waals surface area contributed by atoms with E-state index in [2.05, 4.69) is 25.3 Å². The summed E-state index contributed by atoms with van der Waals surface area (Å²) >= 11 is 9.25. The number of phenols is 1. The predicted molar refractivity (Wildman–Crippen MR) is 128 cm³/mol. The number of nitrogens with one attached hydrogen (secondary N) is 1. The Balaban J connectivity index is 1.33. The summed E-state index contributed by atoms with van der Waals surface area (Å²) < 4.78 is 8.86. The number of thiazole rings is 1. The van der Waals surface area contributed by atoms with Gasteiger partial charge in [-0.2, -0.15) is 9.97 Å². The Bertz CT molecular complexity index is 1340. The normalized spacial score (nSPS) is 23.7. The van der Waals surface area contributed by atoms with Crippen molar-refractivity contribution in [3.8, 4) is 5.75 Å². The fourth-order valence-electron chi connectivity index (χ4n) is 3.71. The standard InChI is InChI=1S/C20H21ClN6O5S2/c1-8(6-33-20-24-10-3-2-9(29)4-12(10)34-20)23-16-13-17(26-19(21)25-16)27(7-22-13)18-15(31)14(30)11(5-28)32-18/h2-4,7-8,11,14-15,18,28-31H,5-6H2,1H3,(H,23,25,26)/t8-,11-,14?,15?,18-/m1/s1. The van der Waals surface area contributed by atoms with Crippen molar-refractivity contribution in [1.82, 2.24) is 24.5 Å². The molecule has 4 heterocycles. The van der Waals surface area contributed by atoms with Crippen LogP contribution in [0.3, 0.4) is 0 Å². The summed E-state index contributed by atoms with van der Waals surface area (Å²) in [5.74, 6) is 1.30. The molecule has 1 aliphatic rings. The number of anilines is 1. The lowest BCUT2D eigenvalue weighted by Gasteiger charge is -2.17. The van der Waals surface area contributed by atoms with E-state index in [1.165, 1.54) is 22.2 Å². The summed E-state index contributed by atoms with van der Waals surface area (Å²) in [4.78, 5) is 17.4. The zero-order chi connectivity index (χ0) is 24.0. The number of benzene rings is 1. The van der Waals surface area contributed by atoms with E-state index < -0.39 is 31.1 Å². The largest absolute Gasteiger partial charge is 0.508 e. The van der Waals surface area contributed by atoms with Gasteiger partial charge in [0.25, 0.3) is 0 Å². The number of aromatic hydroxyl groups is 1. The molecule has 0 amide bonds. The second-order valence-electron chi connectivity index (χ2n) is 7.88. The van der Waals surface area contributed by atoms with E-state index in [1.807, 2.05) is 6.92 Å². The molecule has 4 aromatic rings. The molecule has 1 saturated heterocycles. The molecule has 11 nitrogen and oxygen atoms in total. The number of hydrogen-bond acceptors (Lipinski definition) is 12. The minimum Gasteiger partial charge on any atom is -0.508 e. The van der Waals surface area contributed by atoms with E-state index in [0.29, 0.717) is 22.7 Å². The highest BCUT2D eigenvalue weighted by atomic mass is 35.5. The van der Waals surface area contributed by atoms with E-state index in [0.717, 1.165) is 14.6 Å². The molecule has 3 aromatic heterocycles. The number of nitrogens with zero attached hydrogens (tertiary/aromatic N) is 5. The predicted octanol–water partition coefficient (Wildman–Crippen LogP) is 2.00. The molecule has 2 unspecified atom stereocenters. The van der Waals surface area contributed by atoms with E-state index >= 15 is 0 Å². The number of aliphatic hydroxyl groups is 3. The van der Waals surface area contributed by atoms with Crippen molar-refractivity contribution in [3.63, 3.8) is 0 Å². The average Bonchev–Trinajstić information content (AvgIpc) is 3.48. The fourth-order valence-corrected chi connectivity index (χ4v) is 5.95. The molecular formula is C20H21ClN6O5S2. The maximum absolute atomic E-state index is 10.4. The van der Waals surface area contributed by atoms with Crippen molar-refractivity contribution in [2.24, 2.45) is 0 Å². The van der Waals surface area contributed by atoms with Crippen LogP contribution in [-0.2, 0) is 4.74 Å². The van der Waals surface area contributed by atoms with Crippen LogP contribution in [0.1, 0.15) is 13.2 Å². The van der Waals surface area contributed by atoms with Gasteiger partial charge in [0.1, 0.15) is 24.1 Å². The van der Waals surface area contributed by atoms with Crippen LogP contribution >= 0.6 is 34.7 Å². The average molecular weight is 525 g/mol. The topological polar surface area (TPSA) is 159 Å². The maximum atomic E-state index is 10.4. The molecule has 0 aliphatic carbocycles. The number of halogens is 1. The van der Waals surface area contributed by atoms with Gasteiger partial charge in [-0.1, -0.05) is 11.8 Å². The third-order valence-electron chi connectivity index (χ3n) is 5.38. The molecule has 0 spiro atoms. The summed E-state index contributed by atoms with van der Waals surface area (Å²) in [6, 6.07) is 5.06. The molecule has 0 saturated carbocycles. The van der Waals surface area contributed by atoms with E-state index in [-0.39, 0.29) is 17.1 Å². The van der Waals surface area contributed by atoms with Crippen LogP contribution in [-0.4, -0.2) is 81.6 Å². The molecule has 1 fully saturated rings. The van der Waals surface area contributed by atoms with Gasteiger partial charge >= 0.3 is 0 Å². The Morgan fingerprint density at radius 1 is 1.26 bits per heavy atom. The molecule has 5 atom stereocenters. The number of hydrogen-bond donors (Lipinski definition) is 5. The molecule has 0 radical (unpaired) electrons. The molecule has 1 aromatic carbocycles. The van der Waals surface area contributed by atoms with Crippen LogP contribution in [0.25, 0.3) is 21.4 Å². The van der Waals surface area contributed by atoms with Crippen LogP contribution in [0.15, 0.2) is 28.9 Å². The lowest BCUT2D eigenvalue weighted by Crippen LogP contribution is -2.33. The van der Waals surface area contributed by atoms with Gasteiger partial charge in [0.2, 0.25) is 5.28 Å². The van der Waals surface area contributed by atoms with E-state index in [1.54, 1.807) is 30.0 Å². The first-order chi connectivity index (χ1) is 16.3. The SMILES string of the molecule is C[C@H](CSc1nc2ccc(O)cc2s1)Nc1nc(Cl)nc2c1ncn2[C@@H]1O[C@H](CO)C(O)C1O. The summed E-state index contributed by atoms with van der Waals surface area (Å²) in [5.41, 5.74) is 1.59. The van der Waals surface area contributed by atoms with Crippen molar-refractivity contribution in [1.29, 1.82) is 0 Å². The number of ether oxygens (including phenoxy) is 1. The van der Waals surface area contributed by atoms with Crippen LogP contribution in [0, 0.1) is 0 Å². The Labute approximate surface area is 206 Å². The van der Waals surface area contributed by atoms with Crippen molar-refractivity contribution < 1.29 is 25.2 Å². The molecule has 5 N–H and O–H groups in total. The monoisotopic (exact) mass is 524 g/mol. The number of imidazole rings is 1. The molecule has 180 valence electrons. The number of rotatable bonds is 7. The van der Waals surface area contributed by atoms with Crippen LogP contribution in [0.2, 0.25) is 5.28 Å². The van der Waals surface area contributed by atoms with Gasteiger partial charge < -0.3 is 30.5 Å². The number of aromatic nitrogens is 5. The second kappa shape index (κ2) is 9.41. The molecule has 1 aliphatic heterocycles. The van der Waals surface area contributed by atoms with Crippen molar-refractivity contribution in [2.75, 3.05) is 17.7 Å². The van der Waals surface area contributed by atoms with Crippen molar-refractivity contribution >= 4 is 61.9 Å². The van der Waals surface area contributed by atoms with E-state index in [9.17, 15) is 20.4 Å². The molecule has 5 rings (SSSR count). The molecule has 14 heteroatoms. The Morgan fingerprint density at radius 2 is 2.09 bits per heavy atom. The quantitative estimate of drug-likeness (QED) is 0.178. The molecular weight excluding hydrogens is 504 g/mol. The van der Waals surface area contributed by atoms with Crippen molar-refractivity contribution in [3.05, 3.63) is 29.8 Å². The first-order valence-electron chi connectivity index (χ1n) is 10.4. The highest BCUT2D eigenvalue weighted by molar-refractivity contribution is 8.01. The Morgan fingerprint density at radius 3 is 2.85 bits per heavy atom. The zero-order valence-electron chi connectivity index (χ0n) is 17.7. The first kappa shape index (κ1) is 23.5. The molecule has 34 heavy (non-hydrogen) atoms. The smallest absolute Gasteiger partial charge is 0.226 e. The van der Waals surface area contributed by atoms with Gasteiger partial charge in [-0.15, -0.1) is 11.3 Å². The zero-order valence-corrected chi connectivity index (χ0v) is 20.1. The third kappa shape index (κ3) is 4.40. The Kier molecular flexibility index (Phi) is 6.50. The van der Waals surface area contributed by atoms with Gasteiger partial charge in [0.05, 0.1) is 23.2 Å². The fraction of sp³-hybridized carbons (Fsp3) is 0.400. The van der Waals surface area contributed by atoms with E-state index in [4.69, 9.17) is 16.3 Å². The van der Waals surface area contributed by atoms with Gasteiger partial charge in [0.15, 0.2) is 27.5 Å². The minimum atomic E-state index is -1.27. The summed E-state index contributed by atoms with van der Waals surface area (Å²) in [5, 5.41) is 42.7. The minimum absolute atomic E-state index is 0.0191. The van der Waals surface area contributed by atoms with Gasteiger partial charge in [-0.25, -0.2) is 9.97 Å². The second-order valence-corrected chi connectivity index (χ2v) is 10.5. The maximum Gasteiger partial charge on any atom is 0.226 e. The number of fused-ring (bicyclic) bond motifs is 2. The van der Waals surface area contributed by atoms with Gasteiger partial charge in [0, 0.05) is 11.8 Å². The highest BCUT2D eigenvalue weighted by Crippen LogP contribution is 2.34. The van der Waals surface area contributed by atoms with Gasteiger partial charge in [-0.3, -0.25) is 4.57 Å². The number of thioether (sulfide) groups is 1. The first-order valence-corrected chi connectivity index (χ1v) is 12.5. The van der Waals surface area contributed by atoms with Crippen LogP contribution in [0.5, 0.6) is 5.75 Å². The summed E-state index contributed by atoms with van der Waals surface area (Å²) in [6.07, 6.45) is -2.99. The summed E-state index contributed by atoms with van der Waals surface area (Å²) in [7, 11) is 0. The number of aliphatic hydroxyl groups excluding tert-OH is 3. The number of phenolic OH excluding ortho intramolecular Hbond substituents is 1. The molecule has 0 bridgehead atoms. The highest BCUT2D eigenvalue weighted by Gasteiger charge is 2.44.